The summed E-state index contributed by atoms with van der Waals surface area (Å²) in [4.78, 5) is 3.54. The van der Waals surface area contributed by atoms with Crippen molar-refractivity contribution >= 4 is 21.4 Å². The van der Waals surface area contributed by atoms with Crippen LogP contribution in [0.1, 0.15) is 19.3 Å². The van der Waals surface area contributed by atoms with Crippen molar-refractivity contribution in [2.24, 2.45) is 0 Å². The van der Waals surface area contributed by atoms with Crippen molar-refractivity contribution in [1.82, 2.24) is 4.90 Å². The van der Waals surface area contributed by atoms with E-state index in [1.807, 2.05) is 36.4 Å². The van der Waals surface area contributed by atoms with Crippen molar-refractivity contribution in [1.29, 1.82) is 0 Å². The van der Waals surface area contributed by atoms with Gasteiger partial charge in [-0.1, -0.05) is 30.7 Å². The third-order valence-corrected chi connectivity index (χ3v) is 6.98. The molecule has 1 aliphatic rings. The zero-order valence-corrected chi connectivity index (χ0v) is 18.7. The number of rotatable bonds is 7. The summed E-state index contributed by atoms with van der Waals surface area (Å²) in [6, 6.07) is 22.8. The van der Waals surface area contributed by atoms with Gasteiger partial charge >= 0.3 is 0 Å². The molecule has 3 nitrogen and oxygen atoms in total. The van der Waals surface area contributed by atoms with Crippen molar-refractivity contribution in [2.75, 3.05) is 26.2 Å². The lowest BCUT2D eigenvalue weighted by atomic mass is 10.1. The van der Waals surface area contributed by atoms with E-state index in [0.717, 1.165) is 22.7 Å². The molecule has 0 radical (unpaired) electrons. The first-order valence-corrected chi connectivity index (χ1v) is 12.0. The Kier molecular flexibility index (Phi) is 6.37. The Hall–Kier alpha value is -2.89. The highest BCUT2D eigenvalue weighted by Crippen LogP contribution is 2.36. The van der Waals surface area contributed by atoms with E-state index in [1.165, 1.54) is 48.5 Å². The summed E-state index contributed by atoms with van der Waals surface area (Å²) in [6.45, 7) is 3.96. The maximum absolute atomic E-state index is 14.4. The van der Waals surface area contributed by atoms with E-state index >= 15 is 0 Å². The molecule has 0 N–H and O–H groups in total. The average molecular weight is 448 g/mol. The maximum atomic E-state index is 14.4. The highest BCUT2D eigenvalue weighted by molar-refractivity contribution is 7.22. The van der Waals surface area contributed by atoms with Crippen molar-refractivity contribution in [3.05, 3.63) is 78.6 Å². The van der Waals surface area contributed by atoms with Gasteiger partial charge in [0, 0.05) is 16.1 Å². The first-order chi connectivity index (χ1) is 15.7. The molecule has 4 aromatic rings. The summed E-state index contributed by atoms with van der Waals surface area (Å²) >= 11 is 1.69. The summed E-state index contributed by atoms with van der Waals surface area (Å²) in [5.74, 6) is 1.23. The molecule has 5 rings (SSSR count). The molecular formula is C27H26FNO2S. The van der Waals surface area contributed by atoms with Crippen LogP contribution in [0.5, 0.6) is 17.2 Å². The predicted octanol–water partition coefficient (Wildman–Crippen LogP) is 7.36. The van der Waals surface area contributed by atoms with Gasteiger partial charge in [-0.25, -0.2) is 4.39 Å². The number of fused-ring (bicyclic) bond motifs is 1. The van der Waals surface area contributed by atoms with Gasteiger partial charge in [0.05, 0.1) is 0 Å². The zero-order valence-electron chi connectivity index (χ0n) is 17.9. The number of likely N-dealkylation sites (tertiary alicyclic amines) is 1. The molecular weight excluding hydrogens is 421 g/mol. The maximum Gasteiger partial charge on any atom is 0.165 e. The van der Waals surface area contributed by atoms with E-state index in [9.17, 15) is 4.39 Å². The van der Waals surface area contributed by atoms with Crippen molar-refractivity contribution < 1.29 is 13.9 Å². The largest absolute Gasteiger partial charge is 0.492 e. The average Bonchev–Trinajstić information content (AvgIpc) is 3.27. The van der Waals surface area contributed by atoms with Crippen LogP contribution in [0.4, 0.5) is 4.39 Å². The number of halogens is 1. The van der Waals surface area contributed by atoms with Crippen LogP contribution in [-0.2, 0) is 0 Å². The van der Waals surface area contributed by atoms with Gasteiger partial charge in [-0.2, -0.15) is 0 Å². The fourth-order valence-corrected chi connectivity index (χ4v) is 5.12. The minimum Gasteiger partial charge on any atom is -0.492 e. The lowest BCUT2D eigenvalue weighted by Crippen LogP contribution is -2.33. The number of nitrogens with zero attached hydrogens (tertiary/aromatic N) is 1. The van der Waals surface area contributed by atoms with Crippen LogP contribution in [0.15, 0.2) is 72.8 Å². The molecule has 1 saturated heterocycles. The Balaban J connectivity index is 1.24. The van der Waals surface area contributed by atoms with Crippen LogP contribution in [0.3, 0.4) is 0 Å². The Morgan fingerprint density at radius 1 is 0.844 bits per heavy atom. The second-order valence-corrected chi connectivity index (χ2v) is 9.20. The fourth-order valence-electron chi connectivity index (χ4n) is 4.07. The Morgan fingerprint density at radius 2 is 1.62 bits per heavy atom. The van der Waals surface area contributed by atoms with Crippen molar-refractivity contribution in [2.45, 2.75) is 19.3 Å². The monoisotopic (exact) mass is 447 g/mol. The second kappa shape index (κ2) is 9.72. The normalized spacial score (nSPS) is 14.5. The molecule has 2 heterocycles. The van der Waals surface area contributed by atoms with E-state index in [1.54, 1.807) is 23.5 Å². The number of hydrogen-bond acceptors (Lipinski definition) is 4. The van der Waals surface area contributed by atoms with Crippen LogP contribution in [0.25, 0.3) is 20.5 Å². The highest BCUT2D eigenvalue weighted by Gasteiger charge is 2.11. The minimum absolute atomic E-state index is 0.221. The highest BCUT2D eigenvalue weighted by atomic mass is 32.1. The van der Waals surface area contributed by atoms with Gasteiger partial charge in [-0.3, -0.25) is 4.90 Å². The minimum atomic E-state index is -0.378. The smallest absolute Gasteiger partial charge is 0.165 e. The molecule has 0 bridgehead atoms. The topological polar surface area (TPSA) is 21.7 Å². The van der Waals surface area contributed by atoms with Gasteiger partial charge < -0.3 is 9.47 Å². The van der Waals surface area contributed by atoms with Gasteiger partial charge in [0.2, 0.25) is 0 Å². The number of piperidine rings is 1. The van der Waals surface area contributed by atoms with Crippen LogP contribution >= 0.6 is 11.3 Å². The van der Waals surface area contributed by atoms with Gasteiger partial charge in [-0.05, 0) is 85.4 Å². The van der Waals surface area contributed by atoms with Crippen molar-refractivity contribution in [3.8, 4) is 27.7 Å². The number of thiophene rings is 1. The molecule has 0 aliphatic carbocycles. The van der Waals surface area contributed by atoms with Gasteiger partial charge in [-0.15, -0.1) is 11.3 Å². The number of ether oxygens (including phenoxy) is 2. The van der Waals surface area contributed by atoms with Crippen molar-refractivity contribution in [3.63, 3.8) is 0 Å². The van der Waals surface area contributed by atoms with Crippen LogP contribution in [-0.4, -0.2) is 31.1 Å². The summed E-state index contributed by atoms with van der Waals surface area (Å²) in [5, 5.41) is 1.19. The van der Waals surface area contributed by atoms with E-state index in [4.69, 9.17) is 9.47 Å². The number of benzene rings is 3. The first kappa shape index (κ1) is 21.0. The summed E-state index contributed by atoms with van der Waals surface area (Å²) in [6.07, 6.45) is 3.91. The van der Waals surface area contributed by atoms with E-state index < -0.39 is 0 Å². The molecule has 3 aromatic carbocycles. The summed E-state index contributed by atoms with van der Waals surface area (Å²) in [5.41, 5.74) is 0.945. The number of hydrogen-bond donors (Lipinski definition) is 0. The van der Waals surface area contributed by atoms with E-state index in [2.05, 4.69) is 23.1 Å². The Morgan fingerprint density at radius 3 is 2.44 bits per heavy atom. The molecule has 1 aliphatic heterocycles. The molecule has 1 aromatic heterocycles. The molecule has 32 heavy (non-hydrogen) atoms. The first-order valence-electron chi connectivity index (χ1n) is 11.2. The van der Waals surface area contributed by atoms with Crippen LogP contribution in [0, 0.1) is 5.82 Å². The van der Waals surface area contributed by atoms with E-state index in [-0.39, 0.29) is 11.6 Å². The summed E-state index contributed by atoms with van der Waals surface area (Å²) in [7, 11) is 0. The molecule has 1 fully saturated rings. The fraction of sp³-hybridized carbons (Fsp3) is 0.259. The summed E-state index contributed by atoms with van der Waals surface area (Å²) < 4.78 is 27.4. The third-order valence-electron chi connectivity index (χ3n) is 5.82. The SMILES string of the molecule is Fc1ccc(-c2cc3ccccc3s2)cc1Oc1ccc(OCCN2CCCCC2)cc1. The second-order valence-electron chi connectivity index (χ2n) is 8.12. The Bertz CT molecular complexity index is 1150. The van der Waals surface area contributed by atoms with Crippen LogP contribution < -0.4 is 9.47 Å². The Labute approximate surface area is 192 Å². The van der Waals surface area contributed by atoms with E-state index in [0.29, 0.717) is 12.4 Å². The van der Waals surface area contributed by atoms with Gasteiger partial charge in [0.15, 0.2) is 11.6 Å². The predicted molar refractivity (Wildman–Crippen MR) is 130 cm³/mol. The standard InChI is InChI=1S/C27H26FNO2S/c28-24-13-8-21(27-19-20-6-2-3-7-26(20)32-27)18-25(24)31-23-11-9-22(10-12-23)30-17-16-29-14-4-1-5-15-29/h2-3,6-13,18-19H,1,4-5,14-17H2. The zero-order chi connectivity index (χ0) is 21.8. The van der Waals surface area contributed by atoms with Gasteiger partial charge in [0.1, 0.15) is 18.1 Å². The molecule has 0 spiro atoms. The molecule has 0 unspecified atom stereocenters. The molecule has 0 amide bonds. The van der Waals surface area contributed by atoms with Crippen LogP contribution in [0.2, 0.25) is 0 Å². The lowest BCUT2D eigenvalue weighted by molar-refractivity contribution is 0.183. The molecule has 5 heteroatoms. The van der Waals surface area contributed by atoms with Gasteiger partial charge in [0.25, 0.3) is 0 Å². The lowest BCUT2D eigenvalue weighted by Gasteiger charge is -2.26. The quantitative estimate of drug-likeness (QED) is 0.295. The third kappa shape index (κ3) is 4.95. The molecule has 0 atom stereocenters. The molecule has 164 valence electrons. The molecule has 0 saturated carbocycles.